The molecule has 5 heterocycles. The molecule has 8 rings (SSSR count). The molecule has 2 saturated heterocycles. The van der Waals surface area contributed by atoms with Crippen molar-refractivity contribution >= 4 is 41.0 Å². The summed E-state index contributed by atoms with van der Waals surface area (Å²) in [7, 11) is 1.67. The summed E-state index contributed by atoms with van der Waals surface area (Å²) in [6.45, 7) is 12.3. The largest absolute Gasteiger partial charge is 0.497 e. The van der Waals surface area contributed by atoms with Gasteiger partial charge in [0.15, 0.2) is 0 Å². The molecule has 2 aromatic heterocycles. The van der Waals surface area contributed by atoms with Crippen LogP contribution in [0.5, 0.6) is 11.6 Å². The number of fused-ring (bicyclic) bond motifs is 2. The predicted molar refractivity (Wildman–Crippen MR) is 228 cm³/mol. The monoisotopic (exact) mass is 819 g/mol. The Hall–Kier alpha value is -4.95. The Balaban J connectivity index is 1.05. The lowest BCUT2D eigenvalue weighted by atomic mass is 10.0. The maximum atomic E-state index is 13.1. The van der Waals surface area contributed by atoms with Gasteiger partial charge in [0.05, 0.1) is 50.9 Å². The summed E-state index contributed by atoms with van der Waals surface area (Å²) < 4.78 is 29.4. The second-order valence-corrected chi connectivity index (χ2v) is 17.6. The second kappa shape index (κ2) is 17.5. The number of nitrogens with zero attached hydrogens (tertiary/aromatic N) is 4. The Kier molecular flexibility index (Phi) is 12.0. The number of benzene rings is 3. The molecule has 1 amide bonds. The van der Waals surface area contributed by atoms with Gasteiger partial charge >= 0.3 is 6.09 Å². The van der Waals surface area contributed by atoms with E-state index in [2.05, 4.69) is 58.7 Å². The average Bonchev–Trinajstić information content (AvgIpc) is 3.24. The summed E-state index contributed by atoms with van der Waals surface area (Å²) in [5.41, 5.74) is 6.29. The summed E-state index contributed by atoms with van der Waals surface area (Å²) in [5, 5.41) is 3.74. The molecule has 3 aliphatic heterocycles. The van der Waals surface area contributed by atoms with E-state index in [9.17, 15) is 4.79 Å². The van der Waals surface area contributed by atoms with Crippen molar-refractivity contribution in [1.82, 2.24) is 14.9 Å². The van der Waals surface area contributed by atoms with Gasteiger partial charge in [-0.2, -0.15) is 0 Å². The Morgan fingerprint density at radius 2 is 1.76 bits per heavy atom. The SMILES string of the molecule is COc1ccc(COc2cc(N3CCOCC3)cc(-c3cccc4c3Sc3ccc(NC(c5ccc(C)cn5)[C@H]5CN(C(=O)OC(C)(C)C)CCO5)cc3S4)n2)cc1. The number of morpholine rings is 2. The van der Waals surface area contributed by atoms with Crippen molar-refractivity contribution in [2.75, 3.05) is 63.3 Å². The fourth-order valence-corrected chi connectivity index (χ4v) is 9.46. The Morgan fingerprint density at radius 1 is 0.931 bits per heavy atom. The topological polar surface area (TPSA) is 108 Å². The van der Waals surface area contributed by atoms with E-state index in [4.69, 9.17) is 33.7 Å². The smallest absolute Gasteiger partial charge is 0.410 e. The first-order chi connectivity index (χ1) is 28.1. The number of carbonyl (C=O) groups excluding carboxylic acids is 1. The molecule has 2 atom stereocenters. The molecule has 0 aliphatic carbocycles. The molecule has 1 N–H and O–H groups in total. The zero-order valence-corrected chi connectivity index (χ0v) is 35.2. The number of methoxy groups -OCH3 is 1. The lowest BCUT2D eigenvalue weighted by Gasteiger charge is -2.38. The van der Waals surface area contributed by atoms with Crippen molar-refractivity contribution in [2.24, 2.45) is 0 Å². The number of hydrogen-bond donors (Lipinski definition) is 1. The highest BCUT2D eigenvalue weighted by Crippen LogP contribution is 2.52. The predicted octanol–water partition coefficient (Wildman–Crippen LogP) is 9.28. The number of anilines is 2. The van der Waals surface area contributed by atoms with Crippen molar-refractivity contribution in [3.05, 3.63) is 108 Å². The van der Waals surface area contributed by atoms with Crippen LogP contribution in [0, 0.1) is 6.92 Å². The van der Waals surface area contributed by atoms with Crippen LogP contribution in [0.1, 0.15) is 43.6 Å². The van der Waals surface area contributed by atoms with E-state index in [1.54, 1.807) is 35.5 Å². The number of carbonyl (C=O) groups is 1. The van der Waals surface area contributed by atoms with Gasteiger partial charge < -0.3 is 38.8 Å². The van der Waals surface area contributed by atoms with Crippen LogP contribution in [-0.4, -0.2) is 85.8 Å². The van der Waals surface area contributed by atoms with Crippen LogP contribution in [0.25, 0.3) is 11.3 Å². The molecule has 58 heavy (non-hydrogen) atoms. The van der Waals surface area contributed by atoms with E-state index >= 15 is 0 Å². The van der Waals surface area contributed by atoms with Gasteiger partial charge in [0.25, 0.3) is 0 Å². The van der Waals surface area contributed by atoms with Crippen LogP contribution >= 0.6 is 23.5 Å². The maximum absolute atomic E-state index is 13.1. The third-order valence-electron chi connectivity index (χ3n) is 10.0. The van der Waals surface area contributed by atoms with E-state index in [1.807, 2.05) is 70.3 Å². The minimum absolute atomic E-state index is 0.310. The molecule has 5 aromatic rings. The van der Waals surface area contributed by atoms with E-state index in [1.165, 1.54) is 0 Å². The maximum Gasteiger partial charge on any atom is 0.410 e. The number of amides is 1. The van der Waals surface area contributed by atoms with Gasteiger partial charge in [-0.3, -0.25) is 4.98 Å². The van der Waals surface area contributed by atoms with E-state index < -0.39 is 5.60 Å². The molecule has 13 heteroatoms. The fourth-order valence-electron chi connectivity index (χ4n) is 7.05. The number of aryl methyl sites for hydroxylation is 1. The highest BCUT2D eigenvalue weighted by Gasteiger charge is 2.34. The summed E-state index contributed by atoms with van der Waals surface area (Å²) in [6.07, 6.45) is 1.19. The number of ether oxygens (including phenoxy) is 5. The zero-order valence-electron chi connectivity index (χ0n) is 33.5. The Bertz CT molecular complexity index is 2230. The fraction of sp³-hybridized carbons (Fsp3) is 0.356. The van der Waals surface area contributed by atoms with Crippen molar-refractivity contribution in [3.8, 4) is 22.9 Å². The third kappa shape index (κ3) is 9.50. The van der Waals surface area contributed by atoms with Gasteiger partial charge in [-0.25, -0.2) is 9.78 Å². The van der Waals surface area contributed by atoms with Gasteiger partial charge in [0, 0.05) is 68.4 Å². The molecule has 302 valence electrons. The van der Waals surface area contributed by atoms with Gasteiger partial charge in [-0.05, 0) is 87.4 Å². The first-order valence-corrected chi connectivity index (χ1v) is 21.2. The molecular weight excluding hydrogens is 771 g/mol. The minimum atomic E-state index is -0.585. The average molecular weight is 820 g/mol. The summed E-state index contributed by atoms with van der Waals surface area (Å²) in [5.74, 6) is 1.38. The molecule has 0 radical (unpaired) electrons. The van der Waals surface area contributed by atoms with Crippen LogP contribution in [0.2, 0.25) is 0 Å². The normalized spacial score (nSPS) is 17.2. The lowest BCUT2D eigenvalue weighted by molar-refractivity contribution is -0.0488. The van der Waals surface area contributed by atoms with Crippen LogP contribution in [-0.2, 0) is 20.8 Å². The van der Waals surface area contributed by atoms with Crippen molar-refractivity contribution in [3.63, 3.8) is 0 Å². The van der Waals surface area contributed by atoms with Crippen LogP contribution in [0.15, 0.2) is 111 Å². The molecule has 3 aliphatic rings. The molecule has 11 nitrogen and oxygen atoms in total. The second-order valence-electron chi connectivity index (χ2n) is 15.5. The first kappa shape index (κ1) is 39.9. The molecule has 0 bridgehead atoms. The lowest BCUT2D eigenvalue weighted by Crippen LogP contribution is -2.50. The summed E-state index contributed by atoms with van der Waals surface area (Å²) >= 11 is 3.51. The van der Waals surface area contributed by atoms with Gasteiger partial charge in [0.1, 0.15) is 24.1 Å². The van der Waals surface area contributed by atoms with E-state index in [-0.39, 0.29) is 18.2 Å². The quantitative estimate of drug-likeness (QED) is 0.142. The van der Waals surface area contributed by atoms with Crippen LogP contribution in [0.4, 0.5) is 16.2 Å². The van der Waals surface area contributed by atoms with Crippen molar-refractivity contribution < 1.29 is 28.5 Å². The number of aromatic nitrogens is 2. The van der Waals surface area contributed by atoms with Gasteiger partial charge in [0.2, 0.25) is 5.88 Å². The minimum Gasteiger partial charge on any atom is -0.497 e. The molecule has 2 fully saturated rings. The van der Waals surface area contributed by atoms with Crippen molar-refractivity contribution in [2.45, 2.75) is 71.6 Å². The molecular formula is C45H49N5O6S2. The molecule has 0 saturated carbocycles. The summed E-state index contributed by atoms with van der Waals surface area (Å²) in [6, 6.07) is 28.8. The van der Waals surface area contributed by atoms with Crippen molar-refractivity contribution in [1.29, 1.82) is 0 Å². The highest BCUT2D eigenvalue weighted by atomic mass is 32.2. The van der Waals surface area contributed by atoms with Gasteiger partial charge in [-0.15, -0.1) is 0 Å². The molecule has 0 spiro atoms. The summed E-state index contributed by atoms with van der Waals surface area (Å²) in [4.78, 5) is 31.7. The molecule has 3 aromatic carbocycles. The number of hydrogen-bond acceptors (Lipinski definition) is 12. The zero-order chi connectivity index (χ0) is 40.2. The number of nitrogens with one attached hydrogen (secondary N) is 1. The van der Waals surface area contributed by atoms with E-state index in [0.29, 0.717) is 45.4 Å². The highest BCUT2D eigenvalue weighted by molar-refractivity contribution is 8.05. The Morgan fingerprint density at radius 3 is 2.52 bits per heavy atom. The Labute approximate surface area is 348 Å². The van der Waals surface area contributed by atoms with Gasteiger partial charge in [-0.1, -0.05) is 53.9 Å². The van der Waals surface area contributed by atoms with E-state index in [0.717, 1.165) is 77.9 Å². The number of pyridine rings is 2. The van der Waals surface area contributed by atoms with Crippen LogP contribution in [0.3, 0.4) is 0 Å². The third-order valence-corrected chi connectivity index (χ3v) is 12.6. The standard InChI is InChI=1S/C45H49N5O6S2/c1-29-9-15-35(46-26-29)42(37-27-50(19-22-54-37)44(51)56-45(2,3)4)47-31-12-16-38-40(23-31)57-39-8-6-7-34(43(39)58-38)36-24-32(49-17-20-53-21-18-49)25-41(48-36)55-28-30-10-13-33(52-5)14-11-30/h6-16,23-26,37,42,47H,17-22,27-28H2,1-5H3/t37-,42?/m1/s1. The first-order valence-electron chi connectivity index (χ1n) is 19.6. The van der Waals surface area contributed by atoms with Crippen LogP contribution < -0.4 is 19.7 Å². The molecule has 1 unspecified atom stereocenters. The number of rotatable bonds is 10.